The number of hydrogen-bond donors (Lipinski definition) is 1. The SMILES string of the molecule is Cc1cc(N2CCN(Cc3cn(C)c4ccccc34)CC2)cc([C@@H]2CCNC2)n1. The number of para-hydroxylation sites is 1. The lowest BCUT2D eigenvalue weighted by molar-refractivity contribution is 0.250. The van der Waals surface area contributed by atoms with Gasteiger partial charge in [0.2, 0.25) is 0 Å². The van der Waals surface area contributed by atoms with Gasteiger partial charge in [0.05, 0.1) is 0 Å². The molecule has 0 bridgehead atoms. The van der Waals surface area contributed by atoms with Crippen molar-refractivity contribution in [3.8, 4) is 0 Å². The number of benzene rings is 1. The van der Waals surface area contributed by atoms with Crippen LogP contribution < -0.4 is 10.2 Å². The molecule has 2 aromatic heterocycles. The number of rotatable bonds is 4. The van der Waals surface area contributed by atoms with Gasteiger partial charge in [-0.3, -0.25) is 9.88 Å². The minimum Gasteiger partial charge on any atom is -0.369 e. The van der Waals surface area contributed by atoms with Crippen molar-refractivity contribution in [1.29, 1.82) is 0 Å². The van der Waals surface area contributed by atoms with E-state index in [9.17, 15) is 0 Å². The van der Waals surface area contributed by atoms with Gasteiger partial charge in [0, 0.05) is 86.4 Å². The Hall–Kier alpha value is -2.37. The Bertz CT molecular complexity index is 994. The molecule has 1 atom stereocenters. The summed E-state index contributed by atoms with van der Waals surface area (Å²) in [5.74, 6) is 0.571. The molecule has 29 heavy (non-hydrogen) atoms. The Morgan fingerprint density at radius 3 is 2.72 bits per heavy atom. The second kappa shape index (κ2) is 7.81. The Kier molecular flexibility index (Phi) is 5.02. The van der Waals surface area contributed by atoms with E-state index in [1.54, 1.807) is 0 Å². The van der Waals surface area contributed by atoms with Gasteiger partial charge in [-0.2, -0.15) is 0 Å². The molecule has 0 saturated carbocycles. The maximum absolute atomic E-state index is 4.83. The molecular formula is C24H31N5. The number of aromatic nitrogens is 2. The predicted molar refractivity (Wildman–Crippen MR) is 120 cm³/mol. The third-order valence-corrected chi connectivity index (χ3v) is 6.55. The van der Waals surface area contributed by atoms with Crippen LogP contribution in [0.4, 0.5) is 5.69 Å². The molecule has 3 aromatic rings. The van der Waals surface area contributed by atoms with E-state index in [0.717, 1.165) is 51.5 Å². The minimum absolute atomic E-state index is 0.571. The van der Waals surface area contributed by atoms with Crippen LogP contribution in [0.15, 0.2) is 42.6 Å². The molecule has 1 N–H and O–H groups in total. The van der Waals surface area contributed by atoms with E-state index in [2.05, 4.69) is 76.3 Å². The highest BCUT2D eigenvalue weighted by molar-refractivity contribution is 5.83. The standard InChI is InChI=1S/C24H31N5/c1-18-13-21(14-23(26-18)19-7-8-25-15-19)29-11-9-28(10-12-29)17-20-16-27(2)24-6-4-3-5-22(20)24/h3-6,13-14,16,19,25H,7-12,15,17H2,1-2H3/t19-/m1/s1. The summed E-state index contributed by atoms with van der Waals surface area (Å²) < 4.78 is 2.25. The van der Waals surface area contributed by atoms with Crippen molar-refractivity contribution in [2.45, 2.75) is 25.8 Å². The lowest BCUT2D eigenvalue weighted by Crippen LogP contribution is -2.46. The number of piperazine rings is 1. The van der Waals surface area contributed by atoms with E-state index in [1.807, 2.05) is 0 Å². The van der Waals surface area contributed by atoms with Crippen LogP contribution in [0, 0.1) is 6.92 Å². The van der Waals surface area contributed by atoms with Gasteiger partial charge in [0.15, 0.2) is 0 Å². The first-order valence-corrected chi connectivity index (χ1v) is 10.9. The molecule has 0 aliphatic carbocycles. The average molecular weight is 390 g/mol. The molecular weight excluding hydrogens is 358 g/mol. The maximum Gasteiger partial charge on any atom is 0.0481 e. The van der Waals surface area contributed by atoms with Gasteiger partial charge in [-0.1, -0.05) is 18.2 Å². The third-order valence-electron chi connectivity index (χ3n) is 6.55. The summed E-state index contributed by atoms with van der Waals surface area (Å²) in [4.78, 5) is 9.97. The van der Waals surface area contributed by atoms with Gasteiger partial charge in [0.1, 0.15) is 0 Å². The Morgan fingerprint density at radius 2 is 1.93 bits per heavy atom. The molecule has 2 saturated heterocycles. The monoisotopic (exact) mass is 389 g/mol. The van der Waals surface area contributed by atoms with Gasteiger partial charge in [-0.25, -0.2) is 0 Å². The second-order valence-electron chi connectivity index (χ2n) is 8.63. The third kappa shape index (κ3) is 3.77. The van der Waals surface area contributed by atoms with E-state index in [0.29, 0.717) is 5.92 Å². The number of pyridine rings is 1. The van der Waals surface area contributed by atoms with Gasteiger partial charge < -0.3 is 14.8 Å². The average Bonchev–Trinajstić information content (AvgIpc) is 3.38. The maximum atomic E-state index is 4.83. The van der Waals surface area contributed by atoms with Crippen molar-refractivity contribution in [1.82, 2.24) is 19.8 Å². The number of aryl methyl sites for hydroxylation is 2. The van der Waals surface area contributed by atoms with Gasteiger partial charge >= 0.3 is 0 Å². The summed E-state index contributed by atoms with van der Waals surface area (Å²) in [6.07, 6.45) is 3.50. The first-order valence-electron chi connectivity index (χ1n) is 10.9. The van der Waals surface area contributed by atoms with Crippen molar-refractivity contribution in [2.24, 2.45) is 7.05 Å². The highest BCUT2D eigenvalue weighted by Crippen LogP contribution is 2.27. The molecule has 1 aromatic carbocycles. The molecule has 2 fully saturated rings. The molecule has 5 nitrogen and oxygen atoms in total. The zero-order valence-corrected chi connectivity index (χ0v) is 17.6. The van der Waals surface area contributed by atoms with Crippen LogP contribution in [0.2, 0.25) is 0 Å². The van der Waals surface area contributed by atoms with Crippen LogP contribution in [0.5, 0.6) is 0 Å². The predicted octanol–water partition coefficient (Wildman–Crippen LogP) is 3.28. The van der Waals surface area contributed by atoms with Crippen LogP contribution in [-0.4, -0.2) is 53.7 Å². The molecule has 4 heterocycles. The van der Waals surface area contributed by atoms with Gasteiger partial charge in [-0.15, -0.1) is 0 Å². The van der Waals surface area contributed by atoms with Crippen molar-refractivity contribution < 1.29 is 0 Å². The smallest absolute Gasteiger partial charge is 0.0481 e. The molecule has 0 unspecified atom stereocenters. The lowest BCUT2D eigenvalue weighted by Gasteiger charge is -2.36. The van der Waals surface area contributed by atoms with E-state index >= 15 is 0 Å². The summed E-state index contributed by atoms with van der Waals surface area (Å²) in [5, 5.41) is 4.86. The first kappa shape index (κ1) is 18.6. The molecule has 2 aliphatic heterocycles. The molecule has 0 amide bonds. The fourth-order valence-electron chi connectivity index (χ4n) is 4.93. The van der Waals surface area contributed by atoms with Crippen LogP contribution >= 0.6 is 0 Å². The summed E-state index contributed by atoms with van der Waals surface area (Å²) in [6.45, 7) is 9.70. The number of nitrogens with zero attached hydrogens (tertiary/aromatic N) is 4. The van der Waals surface area contributed by atoms with E-state index in [1.165, 1.54) is 34.3 Å². The van der Waals surface area contributed by atoms with Gasteiger partial charge in [0.25, 0.3) is 0 Å². The molecule has 2 aliphatic rings. The summed E-state index contributed by atoms with van der Waals surface area (Å²) in [5.41, 5.74) is 6.52. The Balaban J connectivity index is 1.27. The van der Waals surface area contributed by atoms with Crippen LogP contribution in [0.25, 0.3) is 10.9 Å². The van der Waals surface area contributed by atoms with Crippen molar-refractivity contribution in [2.75, 3.05) is 44.2 Å². The lowest BCUT2D eigenvalue weighted by atomic mass is 10.0. The summed E-state index contributed by atoms with van der Waals surface area (Å²) in [7, 11) is 2.15. The number of nitrogens with one attached hydrogen (secondary N) is 1. The molecule has 0 spiro atoms. The number of hydrogen-bond acceptors (Lipinski definition) is 4. The van der Waals surface area contributed by atoms with Crippen LogP contribution in [-0.2, 0) is 13.6 Å². The van der Waals surface area contributed by atoms with Crippen LogP contribution in [0.3, 0.4) is 0 Å². The molecule has 152 valence electrons. The van der Waals surface area contributed by atoms with E-state index < -0.39 is 0 Å². The van der Waals surface area contributed by atoms with Crippen molar-refractivity contribution in [3.63, 3.8) is 0 Å². The highest BCUT2D eigenvalue weighted by atomic mass is 15.3. The van der Waals surface area contributed by atoms with E-state index in [-0.39, 0.29) is 0 Å². The number of fused-ring (bicyclic) bond motifs is 1. The quantitative estimate of drug-likeness (QED) is 0.743. The normalized spacial score (nSPS) is 20.6. The fourth-order valence-corrected chi connectivity index (χ4v) is 4.93. The van der Waals surface area contributed by atoms with Crippen LogP contribution in [0.1, 0.15) is 29.3 Å². The minimum atomic E-state index is 0.571. The Morgan fingerprint density at radius 1 is 1.10 bits per heavy atom. The topological polar surface area (TPSA) is 36.3 Å². The highest BCUT2D eigenvalue weighted by Gasteiger charge is 2.22. The van der Waals surface area contributed by atoms with Gasteiger partial charge in [-0.05, 0) is 43.7 Å². The van der Waals surface area contributed by atoms with E-state index in [4.69, 9.17) is 4.98 Å². The zero-order valence-electron chi connectivity index (χ0n) is 17.6. The molecule has 0 radical (unpaired) electrons. The van der Waals surface area contributed by atoms with Crippen molar-refractivity contribution >= 4 is 16.6 Å². The summed E-state index contributed by atoms with van der Waals surface area (Å²) >= 11 is 0. The molecule has 5 heteroatoms. The number of anilines is 1. The largest absolute Gasteiger partial charge is 0.369 e. The van der Waals surface area contributed by atoms with Crippen molar-refractivity contribution in [3.05, 3.63) is 59.5 Å². The Labute approximate surface area is 173 Å². The fraction of sp³-hybridized carbons (Fsp3) is 0.458. The first-order chi connectivity index (χ1) is 14.2. The molecule has 5 rings (SSSR count). The summed E-state index contributed by atoms with van der Waals surface area (Å²) in [6, 6.07) is 13.3. The second-order valence-corrected chi connectivity index (χ2v) is 8.63. The zero-order chi connectivity index (χ0) is 19.8.